The minimum absolute atomic E-state index is 0.172. The van der Waals surface area contributed by atoms with Crippen molar-refractivity contribution in [3.8, 4) is 0 Å². The highest BCUT2D eigenvalue weighted by Gasteiger charge is 2.26. The minimum Gasteiger partial charge on any atom is -0.465 e. The van der Waals surface area contributed by atoms with Crippen LogP contribution < -0.4 is 10.6 Å². The van der Waals surface area contributed by atoms with Crippen molar-refractivity contribution in [3.63, 3.8) is 0 Å². The van der Waals surface area contributed by atoms with E-state index in [2.05, 4.69) is 10.6 Å². The van der Waals surface area contributed by atoms with Gasteiger partial charge in [-0.1, -0.05) is 29.8 Å². The summed E-state index contributed by atoms with van der Waals surface area (Å²) in [6.07, 6.45) is 0. The van der Waals surface area contributed by atoms with Crippen LogP contribution in [-0.2, 0) is 11.3 Å². The number of aryl methyl sites for hydroxylation is 1. The number of hydrogen-bond acceptors (Lipinski definition) is 5. The molecule has 0 aliphatic rings. The first kappa shape index (κ1) is 20.9. The zero-order valence-electron chi connectivity index (χ0n) is 16.0. The second-order valence-electron chi connectivity index (χ2n) is 6.24. The maximum atomic E-state index is 12.4. The summed E-state index contributed by atoms with van der Waals surface area (Å²) >= 11 is 6.54. The Morgan fingerprint density at radius 2 is 1.81 bits per heavy atom. The van der Waals surface area contributed by atoms with E-state index in [1.54, 1.807) is 21.0 Å². The fourth-order valence-electron chi connectivity index (χ4n) is 2.39. The molecule has 1 heterocycles. The molecule has 0 unspecified atom stereocenters. The average Bonchev–Trinajstić information content (AvgIpc) is 2.95. The van der Waals surface area contributed by atoms with Crippen LogP contribution in [0, 0.1) is 13.8 Å². The average molecular weight is 406 g/mol. The van der Waals surface area contributed by atoms with Crippen molar-refractivity contribution in [1.82, 2.24) is 10.2 Å². The third-order valence-corrected chi connectivity index (χ3v) is 5.38. The molecule has 0 aliphatic carbocycles. The van der Waals surface area contributed by atoms with Gasteiger partial charge in [0.05, 0.1) is 17.6 Å². The molecular formula is C19H23N3O3S2. The highest BCUT2D eigenvalue weighted by atomic mass is 32.1. The molecule has 144 valence electrons. The van der Waals surface area contributed by atoms with E-state index in [4.69, 9.17) is 17.0 Å². The van der Waals surface area contributed by atoms with Gasteiger partial charge in [-0.25, -0.2) is 4.79 Å². The van der Waals surface area contributed by atoms with E-state index in [9.17, 15) is 9.59 Å². The van der Waals surface area contributed by atoms with Crippen LogP contribution in [0.1, 0.15) is 36.7 Å². The fraction of sp³-hybridized carbons (Fsp3) is 0.316. The standard InChI is InChI=1S/C19H23N3O3S2/c1-11-6-8-13(9-7-11)10-20-19(26)21-16-14(18(24)25-5)12(2)15(27-16)17(23)22(3)4/h6-9H,10H2,1-5H3,(H2,20,21,26). The normalized spacial score (nSPS) is 10.3. The van der Waals surface area contributed by atoms with Gasteiger partial charge in [-0.15, -0.1) is 11.3 Å². The molecule has 1 aromatic carbocycles. The minimum atomic E-state index is -0.509. The number of methoxy groups -OCH3 is 1. The number of hydrogen-bond donors (Lipinski definition) is 2. The number of thiophene rings is 1. The number of nitrogens with zero attached hydrogens (tertiary/aromatic N) is 1. The third kappa shape index (κ3) is 5.05. The van der Waals surface area contributed by atoms with Gasteiger partial charge in [0.25, 0.3) is 5.91 Å². The van der Waals surface area contributed by atoms with E-state index in [0.717, 1.165) is 5.56 Å². The Morgan fingerprint density at radius 1 is 1.19 bits per heavy atom. The summed E-state index contributed by atoms with van der Waals surface area (Å²) in [5.74, 6) is -0.681. The predicted octanol–water partition coefficient (Wildman–Crippen LogP) is 3.34. The number of carbonyl (C=O) groups is 2. The van der Waals surface area contributed by atoms with Crippen molar-refractivity contribution < 1.29 is 14.3 Å². The highest BCUT2D eigenvalue weighted by molar-refractivity contribution is 7.80. The van der Waals surface area contributed by atoms with Crippen molar-refractivity contribution in [2.75, 3.05) is 26.5 Å². The Morgan fingerprint density at radius 3 is 2.37 bits per heavy atom. The number of rotatable bonds is 5. The van der Waals surface area contributed by atoms with Gasteiger partial charge in [0.1, 0.15) is 5.00 Å². The lowest BCUT2D eigenvalue weighted by Crippen LogP contribution is -2.28. The number of amides is 1. The summed E-state index contributed by atoms with van der Waals surface area (Å²) in [5.41, 5.74) is 3.18. The molecule has 27 heavy (non-hydrogen) atoms. The molecule has 0 aliphatic heterocycles. The fourth-order valence-corrected chi connectivity index (χ4v) is 3.85. The van der Waals surface area contributed by atoms with Gasteiger partial charge in [-0.2, -0.15) is 0 Å². The first-order valence-electron chi connectivity index (χ1n) is 8.28. The van der Waals surface area contributed by atoms with E-state index in [-0.39, 0.29) is 5.91 Å². The van der Waals surface area contributed by atoms with Gasteiger partial charge >= 0.3 is 5.97 Å². The van der Waals surface area contributed by atoms with Gasteiger partial charge in [0.15, 0.2) is 5.11 Å². The number of thiocarbonyl (C=S) groups is 1. The first-order valence-corrected chi connectivity index (χ1v) is 9.50. The molecule has 1 amide bonds. The van der Waals surface area contributed by atoms with Crippen LogP contribution in [-0.4, -0.2) is 43.1 Å². The second-order valence-corrected chi connectivity index (χ2v) is 7.67. The lowest BCUT2D eigenvalue weighted by Gasteiger charge is -2.11. The number of esters is 1. The van der Waals surface area contributed by atoms with Crippen molar-refractivity contribution in [2.24, 2.45) is 0 Å². The molecular weight excluding hydrogens is 382 g/mol. The molecule has 8 heteroatoms. The Kier molecular flexibility index (Phi) is 6.92. The number of benzene rings is 1. The topological polar surface area (TPSA) is 70.7 Å². The van der Waals surface area contributed by atoms with Crippen molar-refractivity contribution in [2.45, 2.75) is 20.4 Å². The summed E-state index contributed by atoms with van der Waals surface area (Å²) in [4.78, 5) is 26.5. The van der Waals surface area contributed by atoms with Crippen molar-refractivity contribution >= 4 is 45.5 Å². The lowest BCUT2D eigenvalue weighted by atomic mass is 10.1. The smallest absolute Gasteiger partial charge is 0.341 e. The predicted molar refractivity (Wildman–Crippen MR) is 113 cm³/mol. The van der Waals surface area contributed by atoms with Gasteiger partial charge < -0.3 is 20.3 Å². The van der Waals surface area contributed by atoms with Crippen LogP contribution in [0.15, 0.2) is 24.3 Å². The summed E-state index contributed by atoms with van der Waals surface area (Å²) in [5, 5.41) is 7.00. The SMILES string of the molecule is COC(=O)c1c(NC(=S)NCc2ccc(C)cc2)sc(C(=O)N(C)C)c1C. The molecule has 0 spiro atoms. The molecule has 0 fully saturated rings. The summed E-state index contributed by atoms with van der Waals surface area (Å²) < 4.78 is 4.87. The highest BCUT2D eigenvalue weighted by Crippen LogP contribution is 2.34. The largest absolute Gasteiger partial charge is 0.465 e. The quantitative estimate of drug-likeness (QED) is 0.587. The molecule has 0 atom stereocenters. The van der Waals surface area contributed by atoms with E-state index in [1.165, 1.54) is 28.9 Å². The van der Waals surface area contributed by atoms with Crippen molar-refractivity contribution in [1.29, 1.82) is 0 Å². The lowest BCUT2D eigenvalue weighted by molar-refractivity contribution is 0.0601. The zero-order valence-corrected chi connectivity index (χ0v) is 17.6. The molecule has 0 radical (unpaired) electrons. The number of ether oxygens (including phenoxy) is 1. The van der Waals surface area contributed by atoms with Crippen LogP contribution in [0.4, 0.5) is 5.00 Å². The van der Waals surface area contributed by atoms with Crippen LogP contribution in [0.5, 0.6) is 0 Å². The van der Waals surface area contributed by atoms with Gasteiger partial charge in [0, 0.05) is 20.6 Å². The van der Waals surface area contributed by atoms with Gasteiger partial charge in [0.2, 0.25) is 0 Å². The Hall–Kier alpha value is -2.45. The number of carbonyl (C=O) groups excluding carboxylic acids is 2. The first-order chi connectivity index (χ1) is 12.7. The van der Waals surface area contributed by atoms with Gasteiger partial charge in [-0.05, 0) is 37.2 Å². The molecule has 2 N–H and O–H groups in total. The Bertz CT molecular complexity index is 858. The monoisotopic (exact) mass is 405 g/mol. The van der Waals surface area contributed by atoms with Crippen molar-refractivity contribution in [3.05, 3.63) is 51.4 Å². The summed E-state index contributed by atoms with van der Waals surface area (Å²) in [6.45, 7) is 4.31. The van der Waals surface area contributed by atoms with Crippen LogP contribution in [0.25, 0.3) is 0 Å². The summed E-state index contributed by atoms with van der Waals surface area (Å²) in [7, 11) is 4.64. The third-order valence-electron chi connectivity index (χ3n) is 3.94. The van der Waals surface area contributed by atoms with E-state index in [0.29, 0.717) is 32.7 Å². The summed E-state index contributed by atoms with van der Waals surface area (Å²) in [6, 6.07) is 8.11. The molecule has 2 aromatic rings. The molecule has 0 saturated heterocycles. The second kappa shape index (κ2) is 8.96. The molecule has 0 saturated carbocycles. The molecule has 0 bridgehead atoms. The number of anilines is 1. The maximum Gasteiger partial charge on any atom is 0.341 e. The number of nitrogens with one attached hydrogen (secondary N) is 2. The van der Waals surface area contributed by atoms with Crippen LogP contribution in [0.3, 0.4) is 0 Å². The zero-order chi connectivity index (χ0) is 20.1. The molecule has 1 aromatic heterocycles. The van der Waals surface area contributed by atoms with E-state index in [1.807, 2.05) is 31.2 Å². The Balaban J connectivity index is 2.19. The van der Waals surface area contributed by atoms with Gasteiger partial charge in [-0.3, -0.25) is 4.79 Å². The molecule has 6 nitrogen and oxygen atoms in total. The Labute approximate surface area is 168 Å². The van der Waals surface area contributed by atoms with Crippen LogP contribution >= 0.6 is 23.6 Å². The maximum absolute atomic E-state index is 12.4. The molecule has 2 rings (SSSR count). The van der Waals surface area contributed by atoms with Crippen LogP contribution in [0.2, 0.25) is 0 Å². The van der Waals surface area contributed by atoms with E-state index >= 15 is 0 Å². The van der Waals surface area contributed by atoms with E-state index < -0.39 is 5.97 Å².